The van der Waals surface area contributed by atoms with Crippen LogP contribution in [0.25, 0.3) is 0 Å². The number of hydrogen-bond acceptors (Lipinski definition) is 3. The lowest BCUT2D eigenvalue weighted by atomic mass is 10.1. The minimum absolute atomic E-state index is 0.0440. The third-order valence-corrected chi connectivity index (χ3v) is 3.91. The summed E-state index contributed by atoms with van der Waals surface area (Å²) in [6.07, 6.45) is 0.0879. The summed E-state index contributed by atoms with van der Waals surface area (Å²) in [6.45, 7) is 11.9. The molecule has 2 heterocycles. The van der Waals surface area contributed by atoms with Crippen LogP contribution in [-0.2, 0) is 11.3 Å². The molecule has 1 aliphatic rings. The van der Waals surface area contributed by atoms with Crippen molar-refractivity contribution >= 4 is 17.5 Å². The van der Waals surface area contributed by atoms with Crippen molar-refractivity contribution in [2.24, 2.45) is 5.92 Å². The molecule has 1 aromatic rings. The van der Waals surface area contributed by atoms with E-state index in [1.165, 1.54) is 0 Å². The number of amides is 1. The van der Waals surface area contributed by atoms with E-state index in [1.807, 2.05) is 25.7 Å². The van der Waals surface area contributed by atoms with Crippen molar-refractivity contribution in [1.29, 1.82) is 0 Å². The van der Waals surface area contributed by atoms with Gasteiger partial charge in [0.1, 0.15) is 5.15 Å². The van der Waals surface area contributed by atoms with E-state index in [0.717, 1.165) is 0 Å². The van der Waals surface area contributed by atoms with Gasteiger partial charge in [-0.25, -0.2) is 0 Å². The van der Waals surface area contributed by atoms with E-state index in [2.05, 4.69) is 18.9 Å². The molecule has 0 N–H and O–H groups in total. The average molecular weight is 314 g/mol. The molecule has 0 bridgehead atoms. The van der Waals surface area contributed by atoms with Crippen molar-refractivity contribution in [3.63, 3.8) is 0 Å². The van der Waals surface area contributed by atoms with E-state index in [0.29, 0.717) is 42.0 Å². The highest BCUT2D eigenvalue weighted by atomic mass is 35.5. The number of halogens is 1. The number of ether oxygens (including phenoxy) is 1. The summed E-state index contributed by atoms with van der Waals surface area (Å²) in [7, 11) is 0. The zero-order valence-electron chi connectivity index (χ0n) is 13.4. The highest BCUT2D eigenvalue weighted by Gasteiger charge is 2.30. The molecule has 1 aliphatic heterocycles. The van der Waals surface area contributed by atoms with Crippen molar-refractivity contribution in [2.45, 2.75) is 53.4 Å². The number of aromatic nitrogens is 2. The number of aryl methyl sites for hydroxylation is 1. The topological polar surface area (TPSA) is 47.4 Å². The largest absolute Gasteiger partial charge is 0.372 e. The third kappa shape index (κ3) is 3.58. The Morgan fingerprint density at radius 2 is 1.95 bits per heavy atom. The Bertz CT molecular complexity index is 517. The molecule has 2 rings (SSSR count). The fourth-order valence-electron chi connectivity index (χ4n) is 2.76. The summed E-state index contributed by atoms with van der Waals surface area (Å²) in [4.78, 5) is 14.6. The van der Waals surface area contributed by atoms with E-state index in [9.17, 15) is 4.79 Å². The first kappa shape index (κ1) is 16.3. The minimum Gasteiger partial charge on any atom is -0.372 e. The van der Waals surface area contributed by atoms with Crippen LogP contribution in [0.4, 0.5) is 0 Å². The van der Waals surface area contributed by atoms with E-state index in [4.69, 9.17) is 16.3 Å². The zero-order valence-corrected chi connectivity index (χ0v) is 14.1. The van der Waals surface area contributed by atoms with E-state index in [1.54, 1.807) is 4.68 Å². The molecule has 0 spiro atoms. The summed E-state index contributed by atoms with van der Waals surface area (Å²) in [5.41, 5.74) is 1.22. The van der Waals surface area contributed by atoms with Gasteiger partial charge >= 0.3 is 0 Å². The highest BCUT2D eigenvalue weighted by Crippen LogP contribution is 2.24. The first-order chi connectivity index (χ1) is 9.79. The van der Waals surface area contributed by atoms with Crippen molar-refractivity contribution < 1.29 is 9.53 Å². The second kappa shape index (κ2) is 6.36. The van der Waals surface area contributed by atoms with Crippen LogP contribution in [0.3, 0.4) is 0 Å². The quantitative estimate of drug-likeness (QED) is 0.862. The van der Waals surface area contributed by atoms with Gasteiger partial charge in [-0.15, -0.1) is 0 Å². The molecular weight excluding hydrogens is 290 g/mol. The van der Waals surface area contributed by atoms with E-state index >= 15 is 0 Å². The highest BCUT2D eigenvalue weighted by molar-refractivity contribution is 6.33. The summed E-state index contributed by atoms with van der Waals surface area (Å²) >= 11 is 6.38. The van der Waals surface area contributed by atoms with Crippen LogP contribution in [0.1, 0.15) is 43.7 Å². The van der Waals surface area contributed by atoms with Gasteiger partial charge in [-0.05, 0) is 26.7 Å². The number of rotatable bonds is 3. The number of carbonyl (C=O) groups excluding carboxylic acids is 1. The third-order valence-electron chi connectivity index (χ3n) is 3.52. The molecule has 5 nitrogen and oxygen atoms in total. The van der Waals surface area contributed by atoms with Crippen LogP contribution in [0, 0.1) is 12.8 Å². The Morgan fingerprint density at radius 1 is 1.38 bits per heavy atom. The molecule has 0 aromatic carbocycles. The smallest absolute Gasteiger partial charge is 0.259 e. The Morgan fingerprint density at radius 3 is 2.48 bits per heavy atom. The van der Waals surface area contributed by atoms with Gasteiger partial charge < -0.3 is 9.64 Å². The van der Waals surface area contributed by atoms with E-state index < -0.39 is 0 Å². The fraction of sp³-hybridized carbons (Fsp3) is 0.733. The fourth-order valence-corrected chi connectivity index (χ4v) is 3.09. The maximum absolute atomic E-state index is 12.8. The number of carbonyl (C=O) groups is 1. The van der Waals surface area contributed by atoms with Gasteiger partial charge in [0.15, 0.2) is 0 Å². The summed E-state index contributed by atoms with van der Waals surface area (Å²) in [5, 5.41) is 4.85. The van der Waals surface area contributed by atoms with Gasteiger partial charge in [0.05, 0.1) is 23.5 Å². The summed E-state index contributed by atoms with van der Waals surface area (Å²) in [6, 6.07) is 0. The van der Waals surface area contributed by atoms with Crippen LogP contribution in [0.5, 0.6) is 0 Å². The molecule has 118 valence electrons. The molecule has 0 aliphatic carbocycles. The van der Waals surface area contributed by atoms with Crippen molar-refractivity contribution in [3.05, 3.63) is 16.4 Å². The molecular formula is C15H24ClN3O2. The Balaban J connectivity index is 2.25. The molecule has 1 aromatic heterocycles. The number of morpholine rings is 1. The Kier molecular flexibility index (Phi) is 4.94. The SMILES string of the molecule is Cc1nn(CC(C)C)c(Cl)c1C(=O)N1CC(C)OC(C)C1. The maximum atomic E-state index is 12.8. The lowest BCUT2D eigenvalue weighted by molar-refractivity contribution is -0.0586. The standard InChI is InChI=1S/C15H24ClN3O2/c1-9(2)6-19-14(16)13(12(5)17-19)15(20)18-7-10(3)21-11(4)8-18/h9-11H,6-8H2,1-5H3. The van der Waals surface area contributed by atoms with Crippen LogP contribution < -0.4 is 0 Å². The normalized spacial score (nSPS) is 22.9. The van der Waals surface area contributed by atoms with Crippen molar-refractivity contribution in [1.82, 2.24) is 14.7 Å². The van der Waals surface area contributed by atoms with E-state index in [-0.39, 0.29) is 18.1 Å². The van der Waals surface area contributed by atoms with Crippen LogP contribution >= 0.6 is 11.6 Å². The van der Waals surface area contributed by atoms with Gasteiger partial charge in [-0.1, -0.05) is 25.4 Å². The minimum atomic E-state index is -0.0468. The van der Waals surface area contributed by atoms with Crippen molar-refractivity contribution in [3.8, 4) is 0 Å². The van der Waals surface area contributed by atoms with Gasteiger partial charge in [0.25, 0.3) is 5.91 Å². The molecule has 6 heteroatoms. The predicted octanol–water partition coefficient (Wildman–Crippen LogP) is 2.75. The van der Waals surface area contributed by atoms with Crippen LogP contribution in [0.2, 0.25) is 5.15 Å². The molecule has 21 heavy (non-hydrogen) atoms. The first-order valence-electron chi connectivity index (χ1n) is 7.47. The average Bonchev–Trinajstić information content (AvgIpc) is 2.61. The second-order valence-electron chi connectivity index (χ2n) is 6.29. The second-order valence-corrected chi connectivity index (χ2v) is 6.65. The maximum Gasteiger partial charge on any atom is 0.259 e. The lowest BCUT2D eigenvalue weighted by Crippen LogP contribution is -2.48. The first-order valence-corrected chi connectivity index (χ1v) is 7.85. The predicted molar refractivity (Wildman–Crippen MR) is 82.7 cm³/mol. The molecule has 2 atom stereocenters. The molecule has 0 radical (unpaired) electrons. The summed E-state index contributed by atoms with van der Waals surface area (Å²) in [5.74, 6) is 0.377. The molecule has 2 unspecified atom stereocenters. The zero-order chi connectivity index (χ0) is 15.7. The number of hydrogen-bond donors (Lipinski definition) is 0. The Labute approximate surface area is 131 Å². The Hall–Kier alpha value is -1.07. The van der Waals surface area contributed by atoms with Crippen LogP contribution in [-0.4, -0.2) is 45.9 Å². The van der Waals surface area contributed by atoms with Gasteiger partial charge in [-0.3, -0.25) is 9.48 Å². The van der Waals surface area contributed by atoms with Crippen LogP contribution in [0.15, 0.2) is 0 Å². The molecule has 1 fully saturated rings. The lowest BCUT2D eigenvalue weighted by Gasteiger charge is -2.35. The van der Waals surface area contributed by atoms with Crippen molar-refractivity contribution in [2.75, 3.05) is 13.1 Å². The van der Waals surface area contributed by atoms with Gasteiger partial charge in [0.2, 0.25) is 0 Å². The monoisotopic (exact) mass is 313 g/mol. The molecule has 0 saturated carbocycles. The van der Waals surface area contributed by atoms with Gasteiger partial charge in [-0.2, -0.15) is 5.10 Å². The van der Waals surface area contributed by atoms with Gasteiger partial charge in [0, 0.05) is 19.6 Å². The molecule has 1 saturated heterocycles. The summed E-state index contributed by atoms with van der Waals surface area (Å²) < 4.78 is 7.40. The number of nitrogens with zero attached hydrogens (tertiary/aromatic N) is 3. The molecule has 1 amide bonds.